The van der Waals surface area contributed by atoms with Crippen LogP contribution in [-0.4, -0.2) is 21.4 Å². The van der Waals surface area contributed by atoms with Gasteiger partial charge in [-0.1, -0.05) is 0 Å². The summed E-state index contributed by atoms with van der Waals surface area (Å²) in [6.07, 6.45) is 4.60. The van der Waals surface area contributed by atoms with E-state index in [4.69, 9.17) is 17.0 Å². The molecule has 0 bridgehead atoms. The molecule has 0 saturated carbocycles. The molecule has 0 amide bonds. The van der Waals surface area contributed by atoms with E-state index in [1.54, 1.807) is 13.2 Å². The summed E-state index contributed by atoms with van der Waals surface area (Å²) in [6, 6.07) is 1.47. The molecule has 62 valence electrons. The third-order valence-electron chi connectivity index (χ3n) is 1.34. The molecule has 0 aromatic carbocycles. The number of aromatic nitrogens is 2. The van der Waals surface area contributed by atoms with Crippen molar-refractivity contribution in [1.82, 2.24) is 14.4 Å². The van der Waals surface area contributed by atoms with Crippen molar-refractivity contribution in [2.24, 2.45) is 0 Å². The van der Waals surface area contributed by atoms with E-state index in [-0.39, 0.29) is 0 Å². The molecule has 1 unspecified atom stereocenters. The highest BCUT2D eigenvalue weighted by atomic mass is 35.5. The van der Waals surface area contributed by atoms with Gasteiger partial charge in [-0.25, -0.2) is 0 Å². The third-order valence-corrected chi connectivity index (χ3v) is 1.54. The number of rotatable bonds is 2. The summed E-state index contributed by atoms with van der Waals surface area (Å²) in [5.74, 6) is 0. The molecular weight excluding hydrogens is 176 g/mol. The molecule has 1 rings (SSSR count). The van der Waals surface area contributed by atoms with Gasteiger partial charge in [-0.2, -0.15) is 9.68 Å². The molecule has 0 N–H and O–H groups in total. The predicted octanol–water partition coefficient (Wildman–Crippen LogP) is 1.13. The normalized spacial score (nSPS) is 12.5. The van der Waals surface area contributed by atoms with Crippen molar-refractivity contribution in [2.45, 2.75) is 6.04 Å². The Kier molecular flexibility index (Phi) is 2.97. The van der Waals surface area contributed by atoms with Crippen molar-refractivity contribution in [1.29, 1.82) is 5.26 Å². The Labute approximate surface area is 75.5 Å². The van der Waals surface area contributed by atoms with Crippen molar-refractivity contribution in [2.75, 3.05) is 7.05 Å². The molecule has 0 aliphatic rings. The summed E-state index contributed by atoms with van der Waals surface area (Å²) >= 11 is 5.62. The van der Waals surface area contributed by atoms with Crippen LogP contribution in [0, 0.1) is 11.3 Å². The van der Waals surface area contributed by atoms with E-state index in [1.807, 2.05) is 6.07 Å². The van der Waals surface area contributed by atoms with Gasteiger partial charge in [0, 0.05) is 19.4 Å². The third kappa shape index (κ3) is 1.91. The first-order valence-corrected chi connectivity index (χ1v) is 3.63. The molecule has 0 spiro atoms. The molecule has 0 aliphatic heterocycles. The Morgan fingerprint density at radius 1 is 1.67 bits per heavy atom. The number of nitrogens with zero attached hydrogens (tertiary/aromatic N) is 4. The minimum Gasteiger partial charge on any atom is -0.261 e. The lowest BCUT2D eigenvalue weighted by atomic mass is 10.2. The zero-order chi connectivity index (χ0) is 8.97. The van der Waals surface area contributed by atoms with Crippen molar-refractivity contribution >= 4 is 11.8 Å². The highest BCUT2D eigenvalue weighted by molar-refractivity contribution is 6.13. The van der Waals surface area contributed by atoms with E-state index in [0.717, 1.165) is 0 Å². The molecule has 0 fully saturated rings. The van der Waals surface area contributed by atoms with Crippen molar-refractivity contribution in [3.05, 3.63) is 24.3 Å². The fourth-order valence-corrected chi connectivity index (χ4v) is 0.923. The van der Waals surface area contributed by atoms with E-state index in [0.29, 0.717) is 5.69 Å². The van der Waals surface area contributed by atoms with Gasteiger partial charge in [0.2, 0.25) is 0 Å². The van der Waals surface area contributed by atoms with Crippen LogP contribution in [0.1, 0.15) is 11.7 Å². The van der Waals surface area contributed by atoms with Crippen LogP contribution in [0.25, 0.3) is 0 Å². The zero-order valence-electron chi connectivity index (χ0n) is 6.48. The lowest BCUT2D eigenvalue weighted by Crippen LogP contribution is -2.14. The van der Waals surface area contributed by atoms with Crippen molar-refractivity contribution < 1.29 is 0 Å². The summed E-state index contributed by atoms with van der Waals surface area (Å²) in [7, 11) is 1.60. The molecule has 0 saturated heterocycles. The molecule has 4 nitrogen and oxygen atoms in total. The van der Waals surface area contributed by atoms with Gasteiger partial charge in [-0.15, -0.1) is 0 Å². The molecule has 1 aromatic heterocycles. The highest BCUT2D eigenvalue weighted by Gasteiger charge is 2.15. The summed E-state index contributed by atoms with van der Waals surface area (Å²) in [4.78, 5) is 7.80. The largest absolute Gasteiger partial charge is 0.261 e. The summed E-state index contributed by atoms with van der Waals surface area (Å²) in [5, 5.41) is 8.71. The Balaban J connectivity index is 2.90. The van der Waals surface area contributed by atoms with Gasteiger partial charge in [-0.3, -0.25) is 9.97 Å². The average molecular weight is 183 g/mol. The number of nitriles is 1. The molecule has 0 radical (unpaired) electrons. The maximum absolute atomic E-state index is 8.71. The van der Waals surface area contributed by atoms with Crippen LogP contribution in [0.4, 0.5) is 0 Å². The Morgan fingerprint density at radius 2 is 2.42 bits per heavy atom. The first kappa shape index (κ1) is 8.91. The molecule has 5 heteroatoms. The quantitative estimate of drug-likeness (QED) is 0.644. The average Bonchev–Trinajstić information content (AvgIpc) is 2.07. The number of hydrogen-bond acceptors (Lipinski definition) is 4. The molecule has 0 aliphatic carbocycles. The van der Waals surface area contributed by atoms with Gasteiger partial charge in [0.25, 0.3) is 0 Å². The molecule has 1 aromatic rings. The minimum absolute atomic E-state index is 0.541. The molecule has 1 atom stereocenters. The van der Waals surface area contributed by atoms with E-state index in [9.17, 15) is 0 Å². The second-order valence-electron chi connectivity index (χ2n) is 2.19. The van der Waals surface area contributed by atoms with E-state index in [1.165, 1.54) is 16.8 Å². The standard InChI is InChI=1S/C7H7ClN4/c1-12(8)7(4-9)6-5-10-2-3-11-6/h2-3,5,7H,1H3. The van der Waals surface area contributed by atoms with E-state index >= 15 is 0 Å². The number of hydrogen-bond donors (Lipinski definition) is 0. The predicted molar refractivity (Wildman–Crippen MR) is 44.0 cm³/mol. The van der Waals surface area contributed by atoms with Crippen LogP contribution in [0.2, 0.25) is 0 Å². The topological polar surface area (TPSA) is 52.8 Å². The Bertz CT molecular complexity index is 279. The Hall–Kier alpha value is -1.18. The second kappa shape index (κ2) is 4.00. The van der Waals surface area contributed by atoms with Crippen molar-refractivity contribution in [3.63, 3.8) is 0 Å². The lowest BCUT2D eigenvalue weighted by Gasteiger charge is -2.12. The lowest BCUT2D eigenvalue weighted by molar-refractivity contribution is 0.476. The first-order chi connectivity index (χ1) is 5.75. The van der Waals surface area contributed by atoms with Gasteiger partial charge in [0.1, 0.15) is 0 Å². The van der Waals surface area contributed by atoms with Gasteiger partial charge in [0.05, 0.1) is 18.0 Å². The zero-order valence-corrected chi connectivity index (χ0v) is 7.23. The molecule has 12 heavy (non-hydrogen) atoms. The van der Waals surface area contributed by atoms with Crippen LogP contribution >= 0.6 is 11.8 Å². The second-order valence-corrected chi connectivity index (χ2v) is 2.72. The van der Waals surface area contributed by atoms with Gasteiger partial charge >= 0.3 is 0 Å². The Morgan fingerprint density at radius 3 is 2.83 bits per heavy atom. The van der Waals surface area contributed by atoms with Gasteiger partial charge < -0.3 is 0 Å². The fraction of sp³-hybridized carbons (Fsp3) is 0.286. The van der Waals surface area contributed by atoms with E-state index < -0.39 is 6.04 Å². The van der Waals surface area contributed by atoms with Crippen molar-refractivity contribution in [3.8, 4) is 6.07 Å². The summed E-state index contributed by atoms with van der Waals surface area (Å²) in [5.41, 5.74) is 0.553. The maximum Gasteiger partial charge on any atom is 0.155 e. The van der Waals surface area contributed by atoms with Crippen LogP contribution in [0.5, 0.6) is 0 Å². The van der Waals surface area contributed by atoms with Gasteiger partial charge in [-0.05, 0) is 11.8 Å². The smallest absolute Gasteiger partial charge is 0.155 e. The highest BCUT2D eigenvalue weighted by Crippen LogP contribution is 2.15. The number of halogens is 1. The van der Waals surface area contributed by atoms with Crippen LogP contribution in [-0.2, 0) is 0 Å². The molecular formula is C7H7ClN4. The monoisotopic (exact) mass is 182 g/mol. The SMILES string of the molecule is CN(Cl)C(C#N)c1cnccn1. The fourth-order valence-electron chi connectivity index (χ4n) is 0.780. The van der Waals surface area contributed by atoms with Crippen LogP contribution in [0.3, 0.4) is 0 Å². The summed E-state index contributed by atoms with van der Waals surface area (Å²) < 4.78 is 1.27. The minimum atomic E-state index is -0.541. The maximum atomic E-state index is 8.71. The van der Waals surface area contributed by atoms with Crippen LogP contribution in [0.15, 0.2) is 18.6 Å². The molecule has 1 heterocycles. The van der Waals surface area contributed by atoms with Crippen LogP contribution < -0.4 is 0 Å². The first-order valence-electron chi connectivity index (χ1n) is 3.30. The summed E-state index contributed by atoms with van der Waals surface area (Å²) in [6.45, 7) is 0. The van der Waals surface area contributed by atoms with Gasteiger partial charge in [0.15, 0.2) is 6.04 Å². The van der Waals surface area contributed by atoms with E-state index in [2.05, 4.69) is 9.97 Å².